The molecule has 0 amide bonds. The zero-order chi connectivity index (χ0) is 9.40. The van der Waals surface area contributed by atoms with E-state index in [1.807, 2.05) is 0 Å². The fourth-order valence-electron chi connectivity index (χ4n) is 1.10. The van der Waals surface area contributed by atoms with E-state index in [0.29, 0.717) is 6.10 Å². The van der Waals surface area contributed by atoms with Gasteiger partial charge in [-0.15, -0.1) is 11.6 Å². The maximum Gasteiger partial charge on any atom is 0.0670 e. The largest absolute Gasteiger partial charge is 0.380 e. The molecule has 0 aliphatic heterocycles. The van der Waals surface area contributed by atoms with Crippen molar-refractivity contribution in [3.05, 3.63) is 0 Å². The quantitative estimate of drug-likeness (QED) is 0.574. The van der Waals surface area contributed by atoms with Gasteiger partial charge in [-0.3, -0.25) is 0 Å². The Morgan fingerprint density at radius 2 is 2.17 bits per heavy atom. The minimum Gasteiger partial charge on any atom is -0.380 e. The van der Waals surface area contributed by atoms with Crippen LogP contribution in [0.4, 0.5) is 0 Å². The lowest BCUT2D eigenvalue weighted by molar-refractivity contribution is 0.0789. The van der Waals surface area contributed by atoms with Crippen molar-refractivity contribution in [3.8, 4) is 0 Å². The monoisotopic (exact) mass is 193 g/mol. The lowest BCUT2D eigenvalue weighted by Gasteiger charge is -2.22. The molecule has 0 bridgehead atoms. The molecule has 1 unspecified atom stereocenters. The molecule has 2 nitrogen and oxygen atoms in total. The van der Waals surface area contributed by atoms with Gasteiger partial charge in [0.1, 0.15) is 0 Å². The molecule has 0 aromatic heterocycles. The van der Waals surface area contributed by atoms with Crippen molar-refractivity contribution in [2.75, 3.05) is 32.6 Å². The molecule has 0 aliphatic carbocycles. The highest BCUT2D eigenvalue weighted by atomic mass is 35.5. The lowest BCUT2D eigenvalue weighted by Crippen LogP contribution is -2.32. The predicted molar refractivity (Wildman–Crippen MR) is 53.9 cm³/mol. The number of nitrogens with zero attached hydrogens (tertiary/aromatic N) is 1. The van der Waals surface area contributed by atoms with Crippen molar-refractivity contribution in [2.45, 2.75) is 26.4 Å². The molecule has 0 fully saturated rings. The van der Waals surface area contributed by atoms with Crippen LogP contribution in [0, 0.1) is 0 Å². The van der Waals surface area contributed by atoms with Crippen LogP contribution in [0.2, 0.25) is 0 Å². The molecule has 12 heavy (non-hydrogen) atoms. The van der Waals surface area contributed by atoms with E-state index in [0.717, 1.165) is 31.9 Å². The van der Waals surface area contributed by atoms with E-state index < -0.39 is 0 Å². The van der Waals surface area contributed by atoms with Crippen molar-refractivity contribution in [1.29, 1.82) is 0 Å². The summed E-state index contributed by atoms with van der Waals surface area (Å²) < 4.78 is 5.19. The standard InChI is InChI=1S/C9H20ClNO/c1-4-11(7-5-6-10)8-9(2)12-3/h9H,4-8H2,1-3H3. The second kappa shape index (κ2) is 7.84. The van der Waals surface area contributed by atoms with Gasteiger partial charge in [-0.1, -0.05) is 6.92 Å². The maximum atomic E-state index is 5.62. The topological polar surface area (TPSA) is 12.5 Å². The highest BCUT2D eigenvalue weighted by molar-refractivity contribution is 6.17. The average molecular weight is 194 g/mol. The molecular formula is C9H20ClNO. The summed E-state index contributed by atoms with van der Waals surface area (Å²) in [5.74, 6) is 0.748. The van der Waals surface area contributed by atoms with Crippen LogP contribution in [0.3, 0.4) is 0 Å². The Morgan fingerprint density at radius 3 is 2.58 bits per heavy atom. The molecule has 0 rings (SSSR count). The Hall–Kier alpha value is 0.210. The smallest absolute Gasteiger partial charge is 0.0670 e. The first-order chi connectivity index (χ1) is 5.74. The maximum absolute atomic E-state index is 5.62. The van der Waals surface area contributed by atoms with E-state index >= 15 is 0 Å². The van der Waals surface area contributed by atoms with Gasteiger partial charge in [0.25, 0.3) is 0 Å². The minimum absolute atomic E-state index is 0.320. The van der Waals surface area contributed by atoms with Crippen LogP contribution in [0.5, 0.6) is 0 Å². The first-order valence-electron chi connectivity index (χ1n) is 4.55. The van der Waals surface area contributed by atoms with Crippen molar-refractivity contribution in [1.82, 2.24) is 4.90 Å². The molecule has 0 aliphatic rings. The van der Waals surface area contributed by atoms with Gasteiger partial charge < -0.3 is 9.64 Å². The van der Waals surface area contributed by atoms with E-state index in [-0.39, 0.29) is 0 Å². The Labute approximate surface area is 80.8 Å². The molecule has 0 spiro atoms. The zero-order valence-corrected chi connectivity index (χ0v) is 9.10. The van der Waals surface area contributed by atoms with Crippen molar-refractivity contribution < 1.29 is 4.74 Å². The van der Waals surface area contributed by atoms with E-state index in [1.54, 1.807) is 7.11 Å². The number of alkyl halides is 1. The number of rotatable bonds is 7. The summed E-state index contributed by atoms with van der Waals surface area (Å²) in [4.78, 5) is 2.36. The summed E-state index contributed by atoms with van der Waals surface area (Å²) >= 11 is 5.62. The number of ether oxygens (including phenoxy) is 1. The second-order valence-electron chi connectivity index (χ2n) is 2.98. The molecule has 0 N–H and O–H groups in total. The third-order valence-electron chi connectivity index (χ3n) is 1.97. The normalized spacial score (nSPS) is 13.8. The van der Waals surface area contributed by atoms with Gasteiger partial charge in [0.05, 0.1) is 6.10 Å². The highest BCUT2D eigenvalue weighted by Crippen LogP contribution is 1.97. The second-order valence-corrected chi connectivity index (χ2v) is 3.36. The van der Waals surface area contributed by atoms with Gasteiger partial charge in [0.2, 0.25) is 0 Å². The Bertz CT molecular complexity index is 101. The molecule has 0 heterocycles. The predicted octanol–water partition coefficient (Wildman–Crippen LogP) is 1.97. The molecular weight excluding hydrogens is 174 g/mol. The summed E-state index contributed by atoms with van der Waals surface area (Å²) in [5.41, 5.74) is 0. The lowest BCUT2D eigenvalue weighted by atomic mass is 10.3. The van der Waals surface area contributed by atoms with Crippen LogP contribution in [0.25, 0.3) is 0 Å². The summed E-state index contributed by atoms with van der Waals surface area (Å²) in [6, 6.07) is 0. The van der Waals surface area contributed by atoms with Crippen LogP contribution < -0.4 is 0 Å². The third kappa shape index (κ3) is 5.81. The van der Waals surface area contributed by atoms with Crippen molar-refractivity contribution >= 4 is 11.6 Å². The van der Waals surface area contributed by atoms with E-state index in [2.05, 4.69) is 18.7 Å². The molecule has 3 heteroatoms. The Balaban J connectivity index is 3.51. The molecule has 0 saturated carbocycles. The number of hydrogen-bond acceptors (Lipinski definition) is 2. The van der Waals surface area contributed by atoms with E-state index in [4.69, 9.17) is 16.3 Å². The van der Waals surface area contributed by atoms with E-state index in [9.17, 15) is 0 Å². The summed E-state index contributed by atoms with van der Waals surface area (Å²) in [6.07, 6.45) is 1.38. The number of likely N-dealkylation sites (N-methyl/N-ethyl adjacent to an activating group) is 1. The SMILES string of the molecule is CCN(CCCCl)CC(C)OC. The van der Waals surface area contributed by atoms with Crippen molar-refractivity contribution in [2.24, 2.45) is 0 Å². The van der Waals surface area contributed by atoms with Crippen LogP contribution in [-0.4, -0.2) is 43.6 Å². The molecule has 0 aromatic rings. The highest BCUT2D eigenvalue weighted by Gasteiger charge is 2.06. The molecule has 0 saturated heterocycles. The average Bonchev–Trinajstić information content (AvgIpc) is 2.11. The Morgan fingerprint density at radius 1 is 1.50 bits per heavy atom. The van der Waals surface area contributed by atoms with Gasteiger partial charge >= 0.3 is 0 Å². The van der Waals surface area contributed by atoms with Gasteiger partial charge in [-0.25, -0.2) is 0 Å². The van der Waals surface area contributed by atoms with Crippen LogP contribution in [0.1, 0.15) is 20.3 Å². The van der Waals surface area contributed by atoms with Crippen LogP contribution >= 0.6 is 11.6 Å². The summed E-state index contributed by atoms with van der Waals surface area (Å²) in [6.45, 7) is 7.40. The molecule has 74 valence electrons. The van der Waals surface area contributed by atoms with Gasteiger partial charge in [0.15, 0.2) is 0 Å². The number of halogens is 1. The van der Waals surface area contributed by atoms with Crippen LogP contribution in [-0.2, 0) is 4.74 Å². The summed E-state index contributed by atoms with van der Waals surface area (Å²) in [7, 11) is 1.75. The van der Waals surface area contributed by atoms with Crippen molar-refractivity contribution in [3.63, 3.8) is 0 Å². The number of methoxy groups -OCH3 is 1. The summed E-state index contributed by atoms with van der Waals surface area (Å²) in [5, 5.41) is 0. The third-order valence-corrected chi connectivity index (χ3v) is 2.24. The number of hydrogen-bond donors (Lipinski definition) is 0. The molecule has 0 radical (unpaired) electrons. The first kappa shape index (κ1) is 12.2. The Kier molecular flexibility index (Phi) is 7.98. The fourth-order valence-corrected chi connectivity index (χ4v) is 1.22. The molecule has 1 atom stereocenters. The zero-order valence-electron chi connectivity index (χ0n) is 8.35. The van der Waals surface area contributed by atoms with Gasteiger partial charge in [-0.2, -0.15) is 0 Å². The van der Waals surface area contributed by atoms with E-state index in [1.165, 1.54) is 0 Å². The van der Waals surface area contributed by atoms with Gasteiger partial charge in [-0.05, 0) is 26.4 Å². The minimum atomic E-state index is 0.320. The van der Waals surface area contributed by atoms with Crippen LogP contribution in [0.15, 0.2) is 0 Å². The first-order valence-corrected chi connectivity index (χ1v) is 5.09. The fraction of sp³-hybridized carbons (Fsp3) is 1.00. The van der Waals surface area contributed by atoms with Gasteiger partial charge in [0, 0.05) is 19.5 Å². The molecule has 0 aromatic carbocycles.